The fourth-order valence-corrected chi connectivity index (χ4v) is 2.66. The molecule has 7 heteroatoms. The standard InChI is InChI=1S/C14H18N2O4S/c1-3-4-5-20-14(18)15-8-13-16-9-6-10(17)11(19-2)7-12(9)21-13/h6-7,17H,3-5,8H2,1-2H3,(H,15,18). The number of amides is 1. The zero-order chi connectivity index (χ0) is 15.2. The van der Waals surface area contributed by atoms with E-state index < -0.39 is 6.09 Å². The van der Waals surface area contributed by atoms with Crippen LogP contribution in [0.3, 0.4) is 0 Å². The third-order valence-corrected chi connectivity index (χ3v) is 3.87. The molecule has 0 saturated carbocycles. The molecule has 0 unspecified atom stereocenters. The highest BCUT2D eigenvalue weighted by atomic mass is 32.1. The summed E-state index contributed by atoms with van der Waals surface area (Å²) in [5.74, 6) is 0.457. The van der Waals surface area contributed by atoms with Crippen molar-refractivity contribution in [3.05, 3.63) is 17.1 Å². The lowest BCUT2D eigenvalue weighted by molar-refractivity contribution is 0.144. The average molecular weight is 310 g/mol. The first kappa shape index (κ1) is 15.4. The summed E-state index contributed by atoms with van der Waals surface area (Å²) < 4.78 is 10.9. The molecule has 6 nitrogen and oxygen atoms in total. The lowest BCUT2D eigenvalue weighted by atomic mass is 10.3. The summed E-state index contributed by atoms with van der Waals surface area (Å²) in [6.45, 7) is 2.76. The largest absolute Gasteiger partial charge is 0.504 e. The predicted octanol–water partition coefficient (Wildman–Crippen LogP) is 3.04. The number of alkyl carbamates (subject to hydrolysis) is 1. The molecule has 114 valence electrons. The van der Waals surface area contributed by atoms with Gasteiger partial charge < -0.3 is 19.9 Å². The second kappa shape index (κ2) is 7.12. The minimum atomic E-state index is -0.442. The van der Waals surface area contributed by atoms with Gasteiger partial charge in [0.1, 0.15) is 5.01 Å². The SMILES string of the molecule is CCCCOC(=O)NCc1nc2cc(O)c(OC)cc2s1. The molecule has 0 radical (unpaired) electrons. The Kier molecular flexibility index (Phi) is 5.21. The van der Waals surface area contributed by atoms with Crippen LogP contribution >= 0.6 is 11.3 Å². The van der Waals surface area contributed by atoms with Crippen LogP contribution in [-0.2, 0) is 11.3 Å². The van der Waals surface area contributed by atoms with E-state index in [0.29, 0.717) is 24.4 Å². The summed E-state index contributed by atoms with van der Waals surface area (Å²) >= 11 is 1.43. The molecule has 0 atom stereocenters. The third-order valence-electron chi connectivity index (χ3n) is 2.85. The lowest BCUT2D eigenvalue weighted by Gasteiger charge is -2.04. The first-order chi connectivity index (χ1) is 10.1. The van der Waals surface area contributed by atoms with Crippen molar-refractivity contribution in [3.63, 3.8) is 0 Å². The number of ether oxygens (including phenoxy) is 2. The molecule has 1 aromatic heterocycles. The van der Waals surface area contributed by atoms with Crippen LogP contribution < -0.4 is 10.1 Å². The molecule has 0 fully saturated rings. The maximum Gasteiger partial charge on any atom is 0.407 e. The fourth-order valence-electron chi connectivity index (χ4n) is 1.74. The van der Waals surface area contributed by atoms with Crippen LogP contribution in [0, 0.1) is 0 Å². The molecule has 2 aromatic rings. The second-order valence-electron chi connectivity index (χ2n) is 4.44. The number of benzene rings is 1. The van der Waals surface area contributed by atoms with Crippen LogP contribution in [0.1, 0.15) is 24.8 Å². The first-order valence-corrected chi connectivity index (χ1v) is 7.52. The van der Waals surface area contributed by atoms with E-state index in [-0.39, 0.29) is 5.75 Å². The van der Waals surface area contributed by atoms with Crippen molar-refractivity contribution in [2.24, 2.45) is 0 Å². The normalized spacial score (nSPS) is 10.6. The zero-order valence-corrected chi connectivity index (χ0v) is 12.8. The Labute approximate surface area is 126 Å². The van der Waals surface area contributed by atoms with Crippen molar-refractivity contribution in [2.45, 2.75) is 26.3 Å². The number of unbranched alkanes of at least 4 members (excludes halogenated alkanes) is 1. The fraction of sp³-hybridized carbons (Fsp3) is 0.429. The number of thiazole rings is 1. The van der Waals surface area contributed by atoms with Crippen molar-refractivity contribution in [3.8, 4) is 11.5 Å². The maximum absolute atomic E-state index is 11.4. The molecule has 1 amide bonds. The van der Waals surface area contributed by atoms with E-state index in [0.717, 1.165) is 22.5 Å². The minimum absolute atomic E-state index is 0.0498. The highest BCUT2D eigenvalue weighted by molar-refractivity contribution is 7.18. The Morgan fingerprint density at radius 3 is 3.00 bits per heavy atom. The lowest BCUT2D eigenvalue weighted by Crippen LogP contribution is -2.24. The van der Waals surface area contributed by atoms with Gasteiger partial charge in [0, 0.05) is 12.1 Å². The molecule has 0 aliphatic carbocycles. The van der Waals surface area contributed by atoms with E-state index in [9.17, 15) is 9.90 Å². The van der Waals surface area contributed by atoms with Gasteiger partial charge in [-0.15, -0.1) is 11.3 Å². The number of aromatic nitrogens is 1. The summed E-state index contributed by atoms with van der Waals surface area (Å²) in [6.07, 6.45) is 1.40. The molecule has 0 bridgehead atoms. The Morgan fingerprint density at radius 2 is 2.29 bits per heavy atom. The van der Waals surface area contributed by atoms with Gasteiger partial charge in [-0.1, -0.05) is 13.3 Å². The molecule has 1 aromatic carbocycles. The van der Waals surface area contributed by atoms with Gasteiger partial charge in [-0.3, -0.25) is 0 Å². The van der Waals surface area contributed by atoms with Gasteiger partial charge in [0.25, 0.3) is 0 Å². The molecule has 21 heavy (non-hydrogen) atoms. The summed E-state index contributed by atoms with van der Waals surface area (Å²) in [5.41, 5.74) is 0.675. The Morgan fingerprint density at radius 1 is 1.48 bits per heavy atom. The van der Waals surface area contributed by atoms with Gasteiger partial charge in [0.2, 0.25) is 0 Å². The molecule has 1 heterocycles. The molecule has 0 spiro atoms. The number of hydrogen-bond donors (Lipinski definition) is 2. The summed E-state index contributed by atoms with van der Waals surface area (Å²) in [4.78, 5) is 15.8. The van der Waals surface area contributed by atoms with Gasteiger partial charge in [-0.2, -0.15) is 0 Å². The number of rotatable bonds is 6. The second-order valence-corrected chi connectivity index (χ2v) is 5.56. The van der Waals surface area contributed by atoms with Crippen molar-refractivity contribution >= 4 is 27.6 Å². The van der Waals surface area contributed by atoms with E-state index >= 15 is 0 Å². The number of nitrogens with zero attached hydrogens (tertiary/aromatic N) is 1. The van der Waals surface area contributed by atoms with E-state index in [4.69, 9.17) is 9.47 Å². The number of nitrogens with one attached hydrogen (secondary N) is 1. The monoisotopic (exact) mass is 310 g/mol. The van der Waals surface area contributed by atoms with Crippen LogP contribution in [0.5, 0.6) is 11.5 Å². The quantitative estimate of drug-likeness (QED) is 0.802. The van der Waals surface area contributed by atoms with E-state index in [1.165, 1.54) is 18.4 Å². The van der Waals surface area contributed by atoms with Crippen LogP contribution in [0.15, 0.2) is 12.1 Å². The van der Waals surface area contributed by atoms with Gasteiger partial charge in [0.05, 0.1) is 30.5 Å². The van der Waals surface area contributed by atoms with Crippen LogP contribution in [0.2, 0.25) is 0 Å². The molecule has 2 N–H and O–H groups in total. The van der Waals surface area contributed by atoms with Crippen LogP contribution in [0.4, 0.5) is 4.79 Å². The number of carbonyl (C=O) groups is 1. The number of phenolic OH excluding ortho intramolecular Hbond substituents is 1. The minimum Gasteiger partial charge on any atom is -0.504 e. The molecule has 0 aliphatic heterocycles. The van der Waals surface area contributed by atoms with Crippen molar-refractivity contribution in [1.29, 1.82) is 0 Å². The Bertz CT molecular complexity index is 627. The van der Waals surface area contributed by atoms with Crippen molar-refractivity contribution < 1.29 is 19.4 Å². The van der Waals surface area contributed by atoms with E-state index in [1.54, 1.807) is 12.1 Å². The predicted molar refractivity (Wildman–Crippen MR) is 80.9 cm³/mol. The number of methoxy groups -OCH3 is 1. The van der Waals surface area contributed by atoms with Gasteiger partial charge >= 0.3 is 6.09 Å². The Balaban J connectivity index is 1.98. The van der Waals surface area contributed by atoms with E-state index in [2.05, 4.69) is 10.3 Å². The molecule has 2 rings (SSSR count). The van der Waals surface area contributed by atoms with Crippen molar-refractivity contribution in [1.82, 2.24) is 10.3 Å². The summed E-state index contributed by atoms with van der Waals surface area (Å²) in [6, 6.07) is 3.28. The summed E-state index contributed by atoms with van der Waals surface area (Å²) in [7, 11) is 1.50. The third kappa shape index (κ3) is 3.98. The number of hydrogen-bond acceptors (Lipinski definition) is 6. The van der Waals surface area contributed by atoms with Crippen molar-refractivity contribution in [2.75, 3.05) is 13.7 Å². The van der Waals surface area contributed by atoms with Crippen LogP contribution in [-0.4, -0.2) is 29.9 Å². The average Bonchev–Trinajstić information content (AvgIpc) is 2.86. The smallest absolute Gasteiger partial charge is 0.407 e. The summed E-state index contributed by atoms with van der Waals surface area (Å²) in [5, 5.41) is 13.1. The number of fused-ring (bicyclic) bond motifs is 1. The Hall–Kier alpha value is -2.02. The number of phenols is 1. The molecular weight excluding hydrogens is 292 g/mol. The zero-order valence-electron chi connectivity index (χ0n) is 12.0. The van der Waals surface area contributed by atoms with Gasteiger partial charge in [-0.25, -0.2) is 9.78 Å². The number of aromatic hydroxyl groups is 1. The first-order valence-electron chi connectivity index (χ1n) is 6.71. The van der Waals surface area contributed by atoms with Gasteiger partial charge in [0.15, 0.2) is 11.5 Å². The topological polar surface area (TPSA) is 80.7 Å². The van der Waals surface area contributed by atoms with Crippen LogP contribution in [0.25, 0.3) is 10.2 Å². The van der Waals surface area contributed by atoms with Gasteiger partial charge in [-0.05, 0) is 6.42 Å². The molecular formula is C14H18N2O4S. The van der Waals surface area contributed by atoms with E-state index in [1.807, 2.05) is 6.92 Å². The molecule has 0 saturated heterocycles. The maximum atomic E-state index is 11.4. The highest BCUT2D eigenvalue weighted by Crippen LogP contribution is 2.33. The number of carbonyl (C=O) groups excluding carboxylic acids is 1. The highest BCUT2D eigenvalue weighted by Gasteiger charge is 2.10. The molecule has 0 aliphatic rings.